The molecule has 0 unspecified atom stereocenters. The number of hydrogen-bond donors (Lipinski definition) is 0. The first-order chi connectivity index (χ1) is 9.70. The number of rotatable bonds is 14. The summed E-state index contributed by atoms with van der Waals surface area (Å²) in [5.74, 6) is 1.94. The van der Waals surface area contributed by atoms with E-state index in [0.717, 1.165) is 0 Å². The van der Waals surface area contributed by atoms with Crippen molar-refractivity contribution in [2.24, 2.45) is 5.41 Å². The third-order valence-electron chi connectivity index (χ3n) is 5.11. The van der Waals surface area contributed by atoms with Crippen LogP contribution in [-0.2, 0) is 0 Å². The zero-order chi connectivity index (χ0) is 15.3. The minimum atomic E-state index is 0.580. The van der Waals surface area contributed by atoms with Gasteiger partial charge in [0.05, 0.1) is 0 Å². The van der Waals surface area contributed by atoms with Crippen LogP contribution in [0.1, 0.15) is 118 Å². The van der Waals surface area contributed by atoms with Gasteiger partial charge in [-0.15, -0.1) is 0 Å². The molecule has 0 bridgehead atoms. The number of unbranched alkanes of at least 4 members (excludes halogenated alkanes) is 4. The van der Waals surface area contributed by atoms with Crippen LogP contribution in [0.3, 0.4) is 0 Å². The first-order valence-corrected chi connectivity index (χ1v) is 9.55. The van der Waals surface area contributed by atoms with E-state index in [1.807, 2.05) is 5.92 Å². The van der Waals surface area contributed by atoms with Crippen molar-refractivity contribution in [3.8, 4) is 0 Å². The Labute approximate surface area is 130 Å². The predicted molar refractivity (Wildman–Crippen MR) is 94.1 cm³/mol. The molecule has 0 rings (SSSR count). The maximum atomic E-state index is 2.45. The molecule has 0 saturated heterocycles. The second-order valence-electron chi connectivity index (χ2n) is 6.65. The second kappa shape index (κ2) is 12.7. The van der Waals surface area contributed by atoms with E-state index >= 15 is 0 Å². The lowest BCUT2D eigenvalue weighted by atomic mass is 9.64. The molecule has 0 nitrogen and oxygen atoms in total. The van der Waals surface area contributed by atoms with Gasteiger partial charge in [-0.1, -0.05) is 86.0 Å². The highest BCUT2D eigenvalue weighted by Crippen LogP contribution is 2.47. The van der Waals surface area contributed by atoms with Crippen molar-refractivity contribution < 1.29 is 0 Å². The van der Waals surface area contributed by atoms with Gasteiger partial charge >= 0.3 is 0 Å². The average Bonchev–Trinajstić information content (AvgIpc) is 2.49. The maximum Gasteiger partial charge on any atom is -0.0179 e. The van der Waals surface area contributed by atoms with E-state index in [2.05, 4.69) is 34.6 Å². The lowest BCUT2D eigenvalue weighted by molar-refractivity contribution is 0.208. The average molecular weight is 282 g/mol. The summed E-state index contributed by atoms with van der Waals surface area (Å²) in [5.41, 5.74) is 0.580. The molecule has 1 radical (unpaired) electrons. The van der Waals surface area contributed by atoms with Gasteiger partial charge in [-0.05, 0) is 43.4 Å². The fourth-order valence-electron chi connectivity index (χ4n) is 3.55. The molecule has 0 amide bonds. The van der Waals surface area contributed by atoms with E-state index in [-0.39, 0.29) is 0 Å². The van der Waals surface area contributed by atoms with Crippen LogP contribution >= 0.6 is 0 Å². The molecule has 0 atom stereocenters. The summed E-state index contributed by atoms with van der Waals surface area (Å²) >= 11 is 0. The Morgan fingerprint density at radius 3 is 1.30 bits per heavy atom. The molecule has 0 heteroatoms. The molecular formula is C20H41. The lowest BCUT2D eigenvalue weighted by Gasteiger charge is -2.41. The van der Waals surface area contributed by atoms with Crippen molar-refractivity contribution in [1.29, 1.82) is 0 Å². The summed E-state index contributed by atoms with van der Waals surface area (Å²) in [5, 5.41) is 0. The van der Waals surface area contributed by atoms with Crippen molar-refractivity contribution in [2.45, 2.75) is 118 Å². The molecule has 20 heavy (non-hydrogen) atoms. The van der Waals surface area contributed by atoms with Crippen molar-refractivity contribution in [2.75, 3.05) is 0 Å². The minimum Gasteiger partial charge on any atom is -0.0654 e. The molecule has 0 aromatic carbocycles. The molecule has 0 spiro atoms. The standard InChI is InChI=1S/C20H41/c1-6-11-15-19(16-12-7-2)20(10-5,17-13-8-3)18-14-9-4/h6-18H2,1-5H3. The summed E-state index contributed by atoms with van der Waals surface area (Å²) in [4.78, 5) is 0. The molecule has 0 aliphatic carbocycles. The molecular weight excluding hydrogens is 240 g/mol. The smallest absolute Gasteiger partial charge is 0.0179 e. The maximum absolute atomic E-state index is 2.45. The van der Waals surface area contributed by atoms with Crippen LogP contribution in [0.4, 0.5) is 0 Å². The molecule has 0 aromatic heterocycles. The van der Waals surface area contributed by atoms with Gasteiger partial charge in [0.25, 0.3) is 0 Å². The zero-order valence-corrected chi connectivity index (χ0v) is 15.2. The van der Waals surface area contributed by atoms with Crippen LogP contribution < -0.4 is 0 Å². The van der Waals surface area contributed by atoms with Crippen molar-refractivity contribution in [3.05, 3.63) is 5.92 Å². The fraction of sp³-hybridized carbons (Fsp3) is 0.950. The minimum absolute atomic E-state index is 0.580. The molecule has 0 heterocycles. The van der Waals surface area contributed by atoms with Crippen LogP contribution in [-0.4, -0.2) is 0 Å². The largest absolute Gasteiger partial charge is 0.0654 e. The fourth-order valence-corrected chi connectivity index (χ4v) is 3.55. The Morgan fingerprint density at radius 1 is 0.600 bits per heavy atom. The Morgan fingerprint density at radius 2 is 1.00 bits per heavy atom. The van der Waals surface area contributed by atoms with Crippen LogP contribution in [0, 0.1) is 11.3 Å². The summed E-state index contributed by atoms with van der Waals surface area (Å²) in [6.45, 7) is 11.8. The van der Waals surface area contributed by atoms with Crippen LogP contribution in [0.5, 0.6) is 0 Å². The third-order valence-corrected chi connectivity index (χ3v) is 5.11. The van der Waals surface area contributed by atoms with E-state index in [0.29, 0.717) is 5.41 Å². The van der Waals surface area contributed by atoms with Crippen LogP contribution in [0.25, 0.3) is 0 Å². The Bertz CT molecular complexity index is 178. The van der Waals surface area contributed by atoms with Crippen LogP contribution in [0.15, 0.2) is 0 Å². The van der Waals surface area contributed by atoms with Gasteiger partial charge in [0.1, 0.15) is 0 Å². The zero-order valence-electron chi connectivity index (χ0n) is 15.2. The van der Waals surface area contributed by atoms with E-state index in [1.165, 1.54) is 83.5 Å². The van der Waals surface area contributed by atoms with Crippen LogP contribution in [0.2, 0.25) is 0 Å². The molecule has 0 aliphatic heterocycles. The topological polar surface area (TPSA) is 0 Å². The van der Waals surface area contributed by atoms with E-state index < -0.39 is 0 Å². The van der Waals surface area contributed by atoms with Crippen molar-refractivity contribution in [1.82, 2.24) is 0 Å². The Hall–Kier alpha value is 0. The summed E-state index contributed by atoms with van der Waals surface area (Å²) in [6, 6.07) is 0. The van der Waals surface area contributed by atoms with Gasteiger partial charge in [-0.3, -0.25) is 0 Å². The first kappa shape index (κ1) is 20.0. The summed E-state index contributed by atoms with van der Waals surface area (Å²) < 4.78 is 0. The highest BCUT2D eigenvalue weighted by atomic mass is 14.4. The predicted octanol–water partition coefficient (Wildman–Crippen LogP) is 7.72. The number of hydrogen-bond acceptors (Lipinski definition) is 0. The lowest BCUT2D eigenvalue weighted by Crippen LogP contribution is -2.29. The van der Waals surface area contributed by atoms with Crippen molar-refractivity contribution >= 4 is 0 Å². The molecule has 0 saturated carbocycles. The molecule has 121 valence electrons. The SMILES string of the molecule is CCCC[C](CCCC)C(CC)(CCCC)CCCC. The summed E-state index contributed by atoms with van der Waals surface area (Å²) in [6.07, 6.45) is 18.1. The highest BCUT2D eigenvalue weighted by molar-refractivity contribution is 5.06. The quantitative estimate of drug-likeness (QED) is 0.306. The van der Waals surface area contributed by atoms with Gasteiger partial charge in [0.15, 0.2) is 0 Å². The Balaban J connectivity index is 4.89. The van der Waals surface area contributed by atoms with Crippen molar-refractivity contribution in [3.63, 3.8) is 0 Å². The van der Waals surface area contributed by atoms with Gasteiger partial charge in [0, 0.05) is 0 Å². The monoisotopic (exact) mass is 281 g/mol. The van der Waals surface area contributed by atoms with E-state index in [1.54, 1.807) is 0 Å². The van der Waals surface area contributed by atoms with E-state index in [4.69, 9.17) is 0 Å². The van der Waals surface area contributed by atoms with Gasteiger partial charge < -0.3 is 0 Å². The molecule has 0 fully saturated rings. The van der Waals surface area contributed by atoms with Gasteiger partial charge in [-0.2, -0.15) is 0 Å². The molecule has 0 N–H and O–H groups in total. The summed E-state index contributed by atoms with van der Waals surface area (Å²) in [7, 11) is 0. The Kier molecular flexibility index (Phi) is 12.7. The van der Waals surface area contributed by atoms with Gasteiger partial charge in [0.2, 0.25) is 0 Å². The van der Waals surface area contributed by atoms with Gasteiger partial charge in [-0.25, -0.2) is 0 Å². The normalized spacial score (nSPS) is 12.3. The first-order valence-electron chi connectivity index (χ1n) is 9.55. The van der Waals surface area contributed by atoms with E-state index in [9.17, 15) is 0 Å². The molecule has 0 aromatic rings. The molecule has 0 aliphatic rings. The third kappa shape index (κ3) is 7.14. The second-order valence-corrected chi connectivity index (χ2v) is 6.65. The highest BCUT2D eigenvalue weighted by Gasteiger charge is 2.35.